The van der Waals surface area contributed by atoms with Gasteiger partial charge in [-0.25, -0.2) is 4.79 Å². The zero-order valence-corrected chi connectivity index (χ0v) is 13.6. The molecule has 0 spiro atoms. The first-order valence-corrected chi connectivity index (χ1v) is 8.08. The fourth-order valence-corrected chi connectivity index (χ4v) is 2.92. The lowest BCUT2D eigenvalue weighted by molar-refractivity contribution is -0.144. The molecule has 2 aliphatic rings. The Labute approximate surface area is 144 Å². The molecule has 0 radical (unpaired) electrons. The number of esters is 1. The topological polar surface area (TPSA) is 75.0 Å². The van der Waals surface area contributed by atoms with E-state index in [2.05, 4.69) is 0 Å². The molecule has 0 amide bonds. The van der Waals surface area contributed by atoms with E-state index < -0.39 is 12.1 Å². The normalized spacial score (nSPS) is 20.6. The van der Waals surface area contributed by atoms with Crippen molar-refractivity contribution in [1.82, 2.24) is 0 Å². The molecule has 0 aliphatic carbocycles. The summed E-state index contributed by atoms with van der Waals surface area (Å²) in [6.45, 7) is 2.32. The molecule has 0 bridgehead atoms. The average molecular weight is 340 g/mol. The number of benzene rings is 1. The van der Waals surface area contributed by atoms with Crippen molar-refractivity contribution in [2.75, 3.05) is 6.61 Å². The summed E-state index contributed by atoms with van der Waals surface area (Å²) in [5.41, 5.74) is 1.03. The van der Waals surface area contributed by atoms with Gasteiger partial charge < -0.3 is 18.6 Å². The van der Waals surface area contributed by atoms with E-state index in [4.69, 9.17) is 18.6 Å². The van der Waals surface area contributed by atoms with Crippen LogP contribution in [0.25, 0.3) is 6.08 Å². The van der Waals surface area contributed by atoms with E-state index in [1.54, 1.807) is 37.3 Å². The van der Waals surface area contributed by atoms with Gasteiger partial charge in [-0.3, -0.25) is 4.79 Å². The fourth-order valence-electron chi connectivity index (χ4n) is 2.92. The van der Waals surface area contributed by atoms with Crippen molar-refractivity contribution < 1.29 is 28.2 Å². The number of ether oxygens (including phenoxy) is 3. The maximum Gasteiger partial charge on any atom is 0.340 e. The van der Waals surface area contributed by atoms with E-state index in [0.29, 0.717) is 41.4 Å². The highest BCUT2D eigenvalue weighted by Gasteiger charge is 2.32. The van der Waals surface area contributed by atoms with Gasteiger partial charge in [0.2, 0.25) is 5.78 Å². The lowest BCUT2D eigenvalue weighted by Gasteiger charge is -2.12. The zero-order valence-electron chi connectivity index (χ0n) is 13.6. The molecule has 1 unspecified atom stereocenters. The second-order valence-electron chi connectivity index (χ2n) is 5.94. The van der Waals surface area contributed by atoms with Gasteiger partial charge in [-0.2, -0.15) is 0 Å². The predicted molar refractivity (Wildman–Crippen MR) is 87.4 cm³/mol. The molecule has 128 valence electrons. The van der Waals surface area contributed by atoms with Crippen LogP contribution in [0.4, 0.5) is 0 Å². The van der Waals surface area contributed by atoms with Crippen LogP contribution in [0.3, 0.4) is 0 Å². The molecule has 2 aromatic rings. The van der Waals surface area contributed by atoms with E-state index >= 15 is 0 Å². The molecule has 6 heteroatoms. The molecule has 3 heterocycles. The monoisotopic (exact) mass is 340 g/mol. The van der Waals surface area contributed by atoms with E-state index in [9.17, 15) is 9.59 Å². The van der Waals surface area contributed by atoms with Gasteiger partial charge >= 0.3 is 5.97 Å². The van der Waals surface area contributed by atoms with Crippen LogP contribution in [0, 0.1) is 6.92 Å². The Morgan fingerprint density at radius 1 is 1.32 bits per heavy atom. The molecule has 6 nitrogen and oxygen atoms in total. The molecular formula is C19H16O6. The third-order valence-electron chi connectivity index (χ3n) is 4.26. The van der Waals surface area contributed by atoms with Gasteiger partial charge in [-0.05, 0) is 44.0 Å². The highest BCUT2D eigenvalue weighted by Crippen LogP contribution is 2.39. The number of Topliss-reactive ketones (excluding diaryl/α,β-unsaturated/α-hetero) is 1. The third kappa shape index (κ3) is 2.85. The lowest BCUT2D eigenvalue weighted by Crippen LogP contribution is -2.25. The number of carbonyl (C=O) groups excluding carboxylic acids is 2. The number of rotatable bonds is 3. The number of ketones is 1. The molecule has 1 atom stereocenters. The smallest absolute Gasteiger partial charge is 0.340 e. The minimum atomic E-state index is -0.524. The Morgan fingerprint density at radius 3 is 2.92 bits per heavy atom. The number of hydrogen-bond donors (Lipinski definition) is 0. The van der Waals surface area contributed by atoms with Crippen molar-refractivity contribution in [2.24, 2.45) is 0 Å². The Kier molecular flexibility index (Phi) is 3.89. The molecule has 1 aromatic heterocycles. The second kappa shape index (κ2) is 6.22. The number of furan rings is 1. The van der Waals surface area contributed by atoms with E-state index in [0.717, 1.165) is 6.42 Å². The molecular weight excluding hydrogens is 324 g/mol. The second-order valence-corrected chi connectivity index (χ2v) is 5.94. The SMILES string of the molecule is Cc1c(OC(=O)C2CCCO2)ccc2c1O/C(=C\c1ccco1)C2=O. The van der Waals surface area contributed by atoms with Crippen LogP contribution < -0.4 is 9.47 Å². The van der Waals surface area contributed by atoms with Crippen molar-refractivity contribution in [1.29, 1.82) is 0 Å². The third-order valence-corrected chi connectivity index (χ3v) is 4.26. The summed E-state index contributed by atoms with van der Waals surface area (Å²) in [5, 5.41) is 0. The highest BCUT2D eigenvalue weighted by atomic mass is 16.6. The molecule has 4 rings (SSSR count). The summed E-state index contributed by atoms with van der Waals surface area (Å²) in [4.78, 5) is 24.6. The average Bonchev–Trinajstić information content (AvgIpc) is 3.34. The number of allylic oxidation sites excluding steroid dienone is 1. The van der Waals surface area contributed by atoms with Crippen LogP contribution in [-0.2, 0) is 9.53 Å². The molecule has 1 saturated heterocycles. The molecule has 0 saturated carbocycles. The van der Waals surface area contributed by atoms with Gasteiger partial charge in [-0.15, -0.1) is 0 Å². The summed E-state index contributed by atoms with van der Waals surface area (Å²) in [6, 6.07) is 6.67. The largest absolute Gasteiger partial charge is 0.465 e. The first-order valence-electron chi connectivity index (χ1n) is 8.08. The van der Waals surface area contributed by atoms with Gasteiger partial charge in [0.15, 0.2) is 11.9 Å². The van der Waals surface area contributed by atoms with Crippen LogP contribution in [0.1, 0.15) is 34.5 Å². The first-order chi connectivity index (χ1) is 12.1. The van der Waals surface area contributed by atoms with Crippen LogP contribution >= 0.6 is 0 Å². The van der Waals surface area contributed by atoms with E-state index in [-0.39, 0.29) is 11.5 Å². The van der Waals surface area contributed by atoms with E-state index in [1.165, 1.54) is 6.26 Å². The number of fused-ring (bicyclic) bond motifs is 1. The van der Waals surface area contributed by atoms with Crippen molar-refractivity contribution in [3.05, 3.63) is 53.2 Å². The van der Waals surface area contributed by atoms with Crippen LogP contribution in [0.2, 0.25) is 0 Å². The predicted octanol–water partition coefficient (Wildman–Crippen LogP) is 3.29. The Hall–Kier alpha value is -2.86. The zero-order chi connectivity index (χ0) is 17.4. The summed E-state index contributed by atoms with van der Waals surface area (Å²) in [6.07, 6.45) is 4.05. The fraction of sp³-hybridized carbons (Fsp3) is 0.263. The van der Waals surface area contributed by atoms with E-state index in [1.807, 2.05) is 0 Å². The Morgan fingerprint density at radius 2 is 2.20 bits per heavy atom. The maximum atomic E-state index is 12.5. The van der Waals surface area contributed by atoms with Crippen molar-refractivity contribution in [3.63, 3.8) is 0 Å². The Bertz CT molecular complexity index is 856. The minimum Gasteiger partial charge on any atom is -0.465 e. The van der Waals surface area contributed by atoms with Gasteiger partial charge in [0.1, 0.15) is 17.3 Å². The van der Waals surface area contributed by atoms with Crippen molar-refractivity contribution >= 4 is 17.8 Å². The van der Waals surface area contributed by atoms with Gasteiger partial charge in [0.25, 0.3) is 0 Å². The van der Waals surface area contributed by atoms with Gasteiger partial charge in [0, 0.05) is 18.2 Å². The summed E-state index contributed by atoms with van der Waals surface area (Å²) < 4.78 is 21.7. The molecule has 25 heavy (non-hydrogen) atoms. The summed E-state index contributed by atoms with van der Waals surface area (Å²) in [5.74, 6) is 0.823. The van der Waals surface area contributed by atoms with Crippen LogP contribution in [0.15, 0.2) is 40.7 Å². The van der Waals surface area contributed by atoms with Crippen molar-refractivity contribution in [3.8, 4) is 11.5 Å². The summed E-state index contributed by atoms with van der Waals surface area (Å²) in [7, 11) is 0. The van der Waals surface area contributed by atoms with Crippen molar-refractivity contribution in [2.45, 2.75) is 25.9 Å². The van der Waals surface area contributed by atoms with Crippen LogP contribution in [-0.4, -0.2) is 24.5 Å². The number of carbonyl (C=O) groups is 2. The van der Waals surface area contributed by atoms with Gasteiger partial charge in [-0.1, -0.05) is 0 Å². The standard InChI is InChI=1S/C19H16O6/c1-11-14(25-19(21)15-5-3-9-23-15)7-6-13-17(20)16(24-18(11)13)10-12-4-2-8-22-12/h2,4,6-8,10,15H,3,5,9H2,1H3/b16-10-. The first kappa shape index (κ1) is 15.7. The van der Waals surface area contributed by atoms with Crippen LogP contribution in [0.5, 0.6) is 11.5 Å². The maximum absolute atomic E-state index is 12.5. The Balaban J connectivity index is 1.59. The molecule has 1 fully saturated rings. The van der Waals surface area contributed by atoms with Gasteiger partial charge in [0.05, 0.1) is 11.8 Å². The minimum absolute atomic E-state index is 0.177. The lowest BCUT2D eigenvalue weighted by atomic mass is 10.1. The molecule has 0 N–H and O–H groups in total. The molecule has 2 aliphatic heterocycles. The molecule has 1 aromatic carbocycles. The highest BCUT2D eigenvalue weighted by molar-refractivity contribution is 6.14. The summed E-state index contributed by atoms with van der Waals surface area (Å²) >= 11 is 0. The quantitative estimate of drug-likeness (QED) is 0.485. The number of hydrogen-bond acceptors (Lipinski definition) is 6.